The summed E-state index contributed by atoms with van der Waals surface area (Å²) in [5.41, 5.74) is 5.60. The van der Waals surface area contributed by atoms with Crippen LogP contribution < -0.4 is 0 Å². The topological polar surface area (TPSA) is 49.8 Å². The van der Waals surface area contributed by atoms with E-state index in [2.05, 4.69) is 24.3 Å². The SMILES string of the molecule is CN(CC(O)c1ccsc1)C(=O)OCC1c2ccccc2-c2ccccc21. The highest BCUT2D eigenvalue weighted by Gasteiger charge is 2.29. The normalized spacial score (nSPS) is 13.7. The Balaban J connectivity index is 1.43. The molecule has 0 saturated carbocycles. The molecule has 5 heteroatoms. The van der Waals surface area contributed by atoms with E-state index in [9.17, 15) is 9.90 Å². The number of thiophene rings is 1. The molecule has 4 nitrogen and oxygen atoms in total. The molecule has 3 aromatic rings. The largest absolute Gasteiger partial charge is 0.448 e. The van der Waals surface area contributed by atoms with Crippen molar-refractivity contribution in [2.24, 2.45) is 0 Å². The molecular weight excluding hydrogens is 358 g/mol. The third-order valence-electron chi connectivity index (χ3n) is 5.02. The van der Waals surface area contributed by atoms with Crippen molar-refractivity contribution < 1.29 is 14.6 Å². The molecule has 0 aliphatic heterocycles. The van der Waals surface area contributed by atoms with E-state index in [-0.39, 0.29) is 19.1 Å². The van der Waals surface area contributed by atoms with E-state index < -0.39 is 12.2 Å². The Bertz CT molecular complexity index is 893. The van der Waals surface area contributed by atoms with Gasteiger partial charge < -0.3 is 14.7 Å². The van der Waals surface area contributed by atoms with E-state index in [1.54, 1.807) is 7.05 Å². The number of hydrogen-bond donors (Lipinski definition) is 1. The van der Waals surface area contributed by atoms with Crippen LogP contribution in [-0.4, -0.2) is 36.3 Å². The number of fused-ring (bicyclic) bond motifs is 3. The van der Waals surface area contributed by atoms with Gasteiger partial charge in [-0.25, -0.2) is 4.79 Å². The van der Waals surface area contributed by atoms with Crippen LogP contribution in [-0.2, 0) is 4.74 Å². The third-order valence-corrected chi connectivity index (χ3v) is 5.72. The number of nitrogens with zero attached hydrogens (tertiary/aromatic N) is 1. The molecule has 1 N–H and O–H groups in total. The number of amides is 1. The lowest BCUT2D eigenvalue weighted by atomic mass is 9.98. The second kappa shape index (κ2) is 7.55. The number of ether oxygens (including phenoxy) is 1. The van der Waals surface area contributed by atoms with E-state index in [1.807, 2.05) is 41.1 Å². The number of carbonyl (C=O) groups is 1. The molecule has 0 fully saturated rings. The second-order valence-electron chi connectivity index (χ2n) is 6.76. The first-order valence-electron chi connectivity index (χ1n) is 8.91. The highest BCUT2D eigenvalue weighted by molar-refractivity contribution is 7.07. The fourth-order valence-electron chi connectivity index (χ4n) is 3.61. The standard InChI is InChI=1S/C22H21NO3S/c1-23(12-21(24)15-10-11-27-14-15)22(25)26-13-20-18-8-4-2-6-16(18)17-7-3-5-9-19(17)20/h2-11,14,20-21,24H,12-13H2,1H3. The number of rotatable bonds is 5. The van der Waals surface area contributed by atoms with Gasteiger partial charge in [0.1, 0.15) is 6.61 Å². The van der Waals surface area contributed by atoms with Gasteiger partial charge in [0, 0.05) is 13.0 Å². The average Bonchev–Trinajstić information content (AvgIpc) is 3.33. The molecule has 4 rings (SSSR count). The van der Waals surface area contributed by atoms with Crippen LogP contribution in [0.25, 0.3) is 11.1 Å². The van der Waals surface area contributed by atoms with Crippen LogP contribution in [0, 0.1) is 0 Å². The van der Waals surface area contributed by atoms with Crippen molar-refractivity contribution in [2.45, 2.75) is 12.0 Å². The molecular formula is C22H21NO3S. The summed E-state index contributed by atoms with van der Waals surface area (Å²) in [6.45, 7) is 0.485. The Morgan fingerprint density at radius 1 is 1.11 bits per heavy atom. The first-order valence-corrected chi connectivity index (χ1v) is 9.85. The van der Waals surface area contributed by atoms with E-state index in [0.717, 1.165) is 5.56 Å². The first-order chi connectivity index (χ1) is 13.1. The zero-order chi connectivity index (χ0) is 18.8. The van der Waals surface area contributed by atoms with Crippen LogP contribution in [0.2, 0.25) is 0 Å². The molecule has 1 atom stereocenters. The summed E-state index contributed by atoms with van der Waals surface area (Å²) in [4.78, 5) is 13.8. The van der Waals surface area contributed by atoms with Gasteiger partial charge in [-0.1, -0.05) is 48.5 Å². The predicted molar refractivity (Wildman–Crippen MR) is 107 cm³/mol. The van der Waals surface area contributed by atoms with Gasteiger partial charge in [-0.2, -0.15) is 11.3 Å². The van der Waals surface area contributed by atoms with Gasteiger partial charge in [-0.05, 0) is 44.6 Å². The number of hydrogen-bond acceptors (Lipinski definition) is 4. The molecule has 0 radical (unpaired) electrons. The fourth-order valence-corrected chi connectivity index (χ4v) is 4.32. The molecule has 0 saturated heterocycles. The van der Waals surface area contributed by atoms with E-state index in [1.165, 1.54) is 38.5 Å². The molecule has 1 heterocycles. The molecule has 0 bridgehead atoms. The summed E-state index contributed by atoms with van der Waals surface area (Å²) in [5, 5.41) is 14.0. The van der Waals surface area contributed by atoms with E-state index in [4.69, 9.17) is 4.74 Å². The molecule has 2 aromatic carbocycles. The van der Waals surface area contributed by atoms with Crippen molar-refractivity contribution in [1.82, 2.24) is 4.90 Å². The van der Waals surface area contributed by atoms with Crippen molar-refractivity contribution >= 4 is 17.4 Å². The summed E-state index contributed by atoms with van der Waals surface area (Å²) in [7, 11) is 1.65. The Labute approximate surface area is 162 Å². The van der Waals surface area contributed by atoms with Crippen molar-refractivity contribution in [3.05, 3.63) is 82.0 Å². The molecule has 1 aliphatic rings. The average molecular weight is 379 g/mol. The lowest BCUT2D eigenvalue weighted by Gasteiger charge is -2.21. The van der Waals surface area contributed by atoms with Crippen LogP contribution in [0.15, 0.2) is 65.4 Å². The smallest absolute Gasteiger partial charge is 0.409 e. The van der Waals surface area contributed by atoms with Gasteiger partial charge in [0.25, 0.3) is 0 Å². The summed E-state index contributed by atoms with van der Waals surface area (Å²) in [5.74, 6) is 0.0385. The minimum Gasteiger partial charge on any atom is -0.448 e. The number of carbonyl (C=O) groups excluding carboxylic acids is 1. The van der Waals surface area contributed by atoms with Gasteiger partial charge in [0.05, 0.1) is 12.6 Å². The van der Waals surface area contributed by atoms with Crippen LogP contribution in [0.4, 0.5) is 4.79 Å². The molecule has 138 valence electrons. The number of benzene rings is 2. The van der Waals surface area contributed by atoms with Gasteiger partial charge in [-0.3, -0.25) is 0 Å². The Hall–Kier alpha value is -2.63. The van der Waals surface area contributed by atoms with Gasteiger partial charge in [-0.15, -0.1) is 0 Å². The predicted octanol–water partition coefficient (Wildman–Crippen LogP) is 4.66. The number of likely N-dealkylation sites (N-methyl/N-ethyl adjacent to an activating group) is 1. The summed E-state index contributed by atoms with van der Waals surface area (Å²) < 4.78 is 5.60. The molecule has 27 heavy (non-hydrogen) atoms. The first kappa shape index (κ1) is 17.8. The summed E-state index contributed by atoms with van der Waals surface area (Å²) in [6, 6.07) is 18.4. The van der Waals surface area contributed by atoms with Crippen molar-refractivity contribution in [1.29, 1.82) is 0 Å². The molecule has 0 spiro atoms. The van der Waals surface area contributed by atoms with Crippen LogP contribution in [0.1, 0.15) is 28.7 Å². The van der Waals surface area contributed by atoms with E-state index in [0.29, 0.717) is 0 Å². The van der Waals surface area contributed by atoms with Crippen LogP contribution >= 0.6 is 11.3 Å². The Morgan fingerprint density at radius 2 is 1.74 bits per heavy atom. The minimum absolute atomic E-state index is 0.0385. The van der Waals surface area contributed by atoms with Crippen LogP contribution in [0.5, 0.6) is 0 Å². The highest BCUT2D eigenvalue weighted by Crippen LogP contribution is 2.44. The summed E-state index contributed by atoms with van der Waals surface area (Å²) in [6.07, 6.45) is -1.13. The number of aliphatic hydroxyl groups excluding tert-OH is 1. The molecule has 1 unspecified atom stereocenters. The van der Waals surface area contributed by atoms with Crippen molar-refractivity contribution in [3.63, 3.8) is 0 Å². The molecule has 1 aromatic heterocycles. The quantitative estimate of drug-likeness (QED) is 0.701. The third kappa shape index (κ3) is 3.48. The zero-order valence-electron chi connectivity index (χ0n) is 15.0. The maximum atomic E-state index is 12.4. The monoisotopic (exact) mass is 379 g/mol. The zero-order valence-corrected chi connectivity index (χ0v) is 15.9. The highest BCUT2D eigenvalue weighted by atomic mass is 32.1. The fraction of sp³-hybridized carbons (Fsp3) is 0.227. The minimum atomic E-state index is -0.707. The van der Waals surface area contributed by atoms with Crippen molar-refractivity contribution in [2.75, 3.05) is 20.2 Å². The molecule has 1 amide bonds. The lowest BCUT2D eigenvalue weighted by molar-refractivity contribution is 0.0815. The number of aliphatic hydroxyl groups is 1. The Kier molecular flexibility index (Phi) is 4.97. The Morgan fingerprint density at radius 3 is 2.33 bits per heavy atom. The second-order valence-corrected chi connectivity index (χ2v) is 7.54. The van der Waals surface area contributed by atoms with Gasteiger partial charge in [0.15, 0.2) is 0 Å². The van der Waals surface area contributed by atoms with Crippen LogP contribution in [0.3, 0.4) is 0 Å². The maximum absolute atomic E-state index is 12.4. The van der Waals surface area contributed by atoms with Gasteiger partial charge in [0.2, 0.25) is 0 Å². The lowest BCUT2D eigenvalue weighted by Crippen LogP contribution is -2.32. The van der Waals surface area contributed by atoms with E-state index >= 15 is 0 Å². The van der Waals surface area contributed by atoms with Gasteiger partial charge >= 0.3 is 6.09 Å². The maximum Gasteiger partial charge on any atom is 0.409 e. The summed E-state index contributed by atoms with van der Waals surface area (Å²) >= 11 is 1.52. The van der Waals surface area contributed by atoms with Crippen molar-refractivity contribution in [3.8, 4) is 11.1 Å². The molecule has 1 aliphatic carbocycles.